The number of aromatic nitrogens is 3. The van der Waals surface area contributed by atoms with E-state index in [1.165, 1.54) is 17.0 Å². The van der Waals surface area contributed by atoms with Crippen molar-refractivity contribution in [2.24, 2.45) is 7.05 Å². The Morgan fingerprint density at radius 2 is 2.08 bits per heavy atom. The van der Waals surface area contributed by atoms with Crippen molar-refractivity contribution in [3.63, 3.8) is 0 Å². The second-order valence-corrected chi connectivity index (χ2v) is 5.60. The van der Waals surface area contributed by atoms with Crippen LogP contribution in [0.1, 0.15) is 15.9 Å². The van der Waals surface area contributed by atoms with Crippen molar-refractivity contribution in [2.45, 2.75) is 13.2 Å². The van der Waals surface area contributed by atoms with Crippen molar-refractivity contribution in [3.8, 4) is 5.75 Å². The highest BCUT2D eigenvalue weighted by Crippen LogP contribution is 2.18. The molecule has 1 aromatic heterocycles. The molecule has 0 aliphatic rings. The lowest BCUT2D eigenvalue weighted by molar-refractivity contribution is -0.0499. The Kier molecular flexibility index (Phi) is 4.60. The van der Waals surface area contributed by atoms with Gasteiger partial charge >= 0.3 is 6.61 Å². The van der Waals surface area contributed by atoms with Gasteiger partial charge in [-0.2, -0.15) is 8.78 Å². The van der Waals surface area contributed by atoms with E-state index in [2.05, 4.69) is 15.0 Å². The third-order valence-electron chi connectivity index (χ3n) is 3.75. The number of hydrogen-bond acceptors (Lipinski definition) is 4. The fourth-order valence-electron chi connectivity index (χ4n) is 2.56. The molecule has 0 atom stereocenters. The molecule has 0 saturated carbocycles. The van der Waals surface area contributed by atoms with Gasteiger partial charge in [0.1, 0.15) is 11.3 Å². The lowest BCUT2D eigenvalue weighted by atomic mass is 10.1. The maximum atomic E-state index is 12.6. The number of rotatable bonds is 5. The summed E-state index contributed by atoms with van der Waals surface area (Å²) in [7, 11) is 3.42. The van der Waals surface area contributed by atoms with E-state index >= 15 is 0 Å². The van der Waals surface area contributed by atoms with Gasteiger partial charge in [0.15, 0.2) is 0 Å². The number of benzene rings is 2. The smallest absolute Gasteiger partial charge is 0.387 e. The van der Waals surface area contributed by atoms with Crippen LogP contribution in [0, 0.1) is 0 Å². The highest BCUT2D eigenvalue weighted by Gasteiger charge is 2.14. The summed E-state index contributed by atoms with van der Waals surface area (Å²) < 4.78 is 30.6. The summed E-state index contributed by atoms with van der Waals surface area (Å²) in [5.74, 6) is -0.137. The molecule has 2 aromatic carbocycles. The van der Waals surface area contributed by atoms with E-state index in [0.717, 1.165) is 5.52 Å². The van der Waals surface area contributed by atoms with Crippen molar-refractivity contribution in [2.75, 3.05) is 7.05 Å². The van der Waals surface area contributed by atoms with Gasteiger partial charge in [0.2, 0.25) is 0 Å². The first-order chi connectivity index (χ1) is 11.9. The minimum Gasteiger partial charge on any atom is -0.435 e. The quantitative estimate of drug-likeness (QED) is 0.713. The van der Waals surface area contributed by atoms with Gasteiger partial charge in [0.05, 0.1) is 5.52 Å². The normalized spacial score (nSPS) is 11.1. The summed E-state index contributed by atoms with van der Waals surface area (Å²) in [6.07, 6.45) is 0. The van der Waals surface area contributed by atoms with Crippen LogP contribution in [0.15, 0.2) is 42.5 Å². The fraction of sp³-hybridized carbons (Fsp3) is 0.235. The van der Waals surface area contributed by atoms with Crippen LogP contribution in [0.4, 0.5) is 8.78 Å². The van der Waals surface area contributed by atoms with Crippen molar-refractivity contribution >= 4 is 16.9 Å². The Balaban J connectivity index is 1.75. The largest absolute Gasteiger partial charge is 0.435 e. The number of ether oxygens (including phenoxy) is 1. The maximum Gasteiger partial charge on any atom is 0.387 e. The van der Waals surface area contributed by atoms with Crippen LogP contribution >= 0.6 is 0 Å². The third-order valence-corrected chi connectivity index (χ3v) is 3.75. The lowest BCUT2D eigenvalue weighted by Crippen LogP contribution is -2.26. The summed E-state index contributed by atoms with van der Waals surface area (Å²) in [6, 6.07) is 11.5. The molecule has 25 heavy (non-hydrogen) atoms. The first kappa shape index (κ1) is 16.8. The molecular formula is C17H16F2N4O2. The second-order valence-electron chi connectivity index (χ2n) is 5.60. The molecule has 0 radical (unpaired) electrons. The van der Waals surface area contributed by atoms with Crippen molar-refractivity contribution in [3.05, 3.63) is 53.6 Å². The minimum absolute atomic E-state index is 0.0642. The molecule has 0 aliphatic heterocycles. The topological polar surface area (TPSA) is 60.2 Å². The molecule has 0 fully saturated rings. The predicted molar refractivity (Wildman–Crippen MR) is 87.4 cm³/mol. The average Bonchev–Trinajstić information content (AvgIpc) is 2.94. The van der Waals surface area contributed by atoms with Gasteiger partial charge in [-0.15, -0.1) is 5.10 Å². The van der Waals surface area contributed by atoms with Crippen molar-refractivity contribution in [1.82, 2.24) is 19.9 Å². The molecule has 8 heteroatoms. The molecule has 3 rings (SSSR count). The molecule has 1 heterocycles. The minimum atomic E-state index is -2.88. The number of carbonyl (C=O) groups excluding carboxylic acids is 1. The molecule has 0 unspecified atom stereocenters. The zero-order valence-corrected chi connectivity index (χ0v) is 13.7. The SMILES string of the molecule is CN(Cc1cccc(OC(F)F)c1)C(=O)c1ccc2c(c1)nnn2C. The Bertz CT molecular complexity index is 911. The molecule has 130 valence electrons. The highest BCUT2D eigenvalue weighted by molar-refractivity contribution is 5.97. The fourth-order valence-corrected chi connectivity index (χ4v) is 2.56. The van der Waals surface area contributed by atoms with Crippen LogP contribution in [-0.4, -0.2) is 39.5 Å². The van der Waals surface area contributed by atoms with Crippen molar-refractivity contribution in [1.29, 1.82) is 0 Å². The molecular weight excluding hydrogens is 330 g/mol. The van der Waals surface area contributed by atoms with Gasteiger partial charge in [-0.1, -0.05) is 17.3 Å². The number of amides is 1. The van der Waals surface area contributed by atoms with Gasteiger partial charge in [-0.3, -0.25) is 4.79 Å². The van der Waals surface area contributed by atoms with Crippen LogP contribution in [0.5, 0.6) is 5.75 Å². The number of nitrogens with zero attached hydrogens (tertiary/aromatic N) is 4. The van der Waals surface area contributed by atoms with Crippen LogP contribution in [0.3, 0.4) is 0 Å². The average molecular weight is 346 g/mol. The molecule has 0 N–H and O–H groups in total. The van der Waals surface area contributed by atoms with E-state index in [1.54, 1.807) is 49.1 Å². The number of alkyl halides is 2. The van der Waals surface area contributed by atoms with Crippen molar-refractivity contribution < 1.29 is 18.3 Å². The summed E-state index contributed by atoms with van der Waals surface area (Å²) in [5, 5.41) is 7.91. The number of hydrogen-bond donors (Lipinski definition) is 0. The first-order valence-corrected chi connectivity index (χ1v) is 7.52. The Labute approximate surface area is 142 Å². The van der Waals surface area contributed by atoms with Crippen LogP contribution < -0.4 is 4.74 Å². The first-order valence-electron chi connectivity index (χ1n) is 7.52. The van der Waals surface area contributed by atoms with Crippen LogP contribution in [0.2, 0.25) is 0 Å². The van der Waals surface area contributed by atoms with E-state index in [-0.39, 0.29) is 18.2 Å². The van der Waals surface area contributed by atoms with Gasteiger partial charge in [0, 0.05) is 26.2 Å². The van der Waals surface area contributed by atoms with E-state index < -0.39 is 6.61 Å². The summed E-state index contributed by atoms with van der Waals surface area (Å²) >= 11 is 0. The number of halogens is 2. The Hall–Kier alpha value is -3.03. The second kappa shape index (κ2) is 6.84. The monoisotopic (exact) mass is 346 g/mol. The molecule has 1 amide bonds. The van der Waals surface area contributed by atoms with Gasteiger partial charge in [-0.05, 0) is 35.9 Å². The van der Waals surface area contributed by atoms with Crippen LogP contribution in [0.25, 0.3) is 11.0 Å². The molecule has 0 saturated heterocycles. The summed E-state index contributed by atoms with van der Waals surface area (Å²) in [5.41, 5.74) is 2.63. The number of fused-ring (bicyclic) bond motifs is 1. The molecule has 0 spiro atoms. The number of aryl methyl sites for hydroxylation is 1. The third kappa shape index (κ3) is 3.73. The molecule has 3 aromatic rings. The Morgan fingerprint density at radius 3 is 2.84 bits per heavy atom. The predicted octanol–water partition coefficient (Wildman–Crippen LogP) is 2.84. The zero-order chi connectivity index (χ0) is 18.0. The maximum absolute atomic E-state index is 12.6. The van der Waals surface area contributed by atoms with Gasteiger partial charge < -0.3 is 9.64 Å². The van der Waals surface area contributed by atoms with E-state index in [0.29, 0.717) is 16.6 Å². The summed E-state index contributed by atoms with van der Waals surface area (Å²) in [4.78, 5) is 14.1. The van der Waals surface area contributed by atoms with Crippen LogP contribution in [-0.2, 0) is 13.6 Å². The number of carbonyl (C=O) groups is 1. The standard InChI is InChI=1S/C17H16F2N4O2/c1-22(10-11-4-3-5-13(8-11)25-17(18)19)16(24)12-6-7-15-14(9-12)20-21-23(15)2/h3-9,17H,10H2,1-2H3. The van der Waals surface area contributed by atoms with Gasteiger partial charge in [-0.25, -0.2) is 4.68 Å². The van der Waals surface area contributed by atoms with E-state index in [9.17, 15) is 13.6 Å². The van der Waals surface area contributed by atoms with E-state index in [1.807, 2.05) is 0 Å². The highest BCUT2D eigenvalue weighted by atomic mass is 19.3. The Morgan fingerprint density at radius 1 is 1.28 bits per heavy atom. The lowest BCUT2D eigenvalue weighted by Gasteiger charge is -2.18. The molecule has 6 nitrogen and oxygen atoms in total. The van der Waals surface area contributed by atoms with E-state index in [4.69, 9.17) is 0 Å². The zero-order valence-electron chi connectivity index (χ0n) is 13.7. The molecule has 0 bridgehead atoms. The summed E-state index contributed by atoms with van der Waals surface area (Å²) in [6.45, 7) is -2.62. The van der Waals surface area contributed by atoms with Gasteiger partial charge in [0.25, 0.3) is 5.91 Å². The molecule has 0 aliphatic carbocycles.